The van der Waals surface area contributed by atoms with Gasteiger partial charge in [0.2, 0.25) is 0 Å². The molecule has 0 saturated carbocycles. The first-order chi connectivity index (χ1) is 9.81. The summed E-state index contributed by atoms with van der Waals surface area (Å²) in [6, 6.07) is 8.07. The molecule has 1 aromatic carbocycles. The molecule has 0 aliphatic carbocycles. The van der Waals surface area contributed by atoms with Gasteiger partial charge in [0.25, 0.3) is 11.5 Å². The molecule has 2 aromatic rings. The number of aliphatic hydroxyl groups is 1. The number of amides is 1. The number of benzene rings is 1. The molecule has 112 valence electrons. The second-order valence-electron chi connectivity index (χ2n) is 5.00. The van der Waals surface area contributed by atoms with Gasteiger partial charge >= 0.3 is 0 Å². The van der Waals surface area contributed by atoms with Gasteiger partial charge in [0.05, 0.1) is 6.54 Å². The van der Waals surface area contributed by atoms with Gasteiger partial charge in [0.15, 0.2) is 0 Å². The number of aromatic amines is 1. The van der Waals surface area contributed by atoms with Crippen molar-refractivity contribution in [2.24, 2.45) is 7.05 Å². The van der Waals surface area contributed by atoms with Crippen LogP contribution in [-0.4, -0.2) is 27.3 Å². The van der Waals surface area contributed by atoms with Crippen LogP contribution in [0.5, 0.6) is 0 Å². The smallest absolute Gasteiger partial charge is 0.269 e. The number of nitrogens with zero attached hydrogens (tertiary/aromatic N) is 1. The zero-order valence-electron chi connectivity index (χ0n) is 11.7. The van der Waals surface area contributed by atoms with Crippen molar-refractivity contribution in [2.45, 2.75) is 12.5 Å². The lowest BCUT2D eigenvalue weighted by Gasteiger charge is -2.25. The normalized spacial score (nSPS) is 13.7. The van der Waals surface area contributed by atoms with Crippen LogP contribution in [0.25, 0.3) is 0 Å². The van der Waals surface area contributed by atoms with Crippen LogP contribution in [0.2, 0.25) is 5.02 Å². The summed E-state index contributed by atoms with van der Waals surface area (Å²) in [5.41, 5.74) is -0.965. The van der Waals surface area contributed by atoms with E-state index < -0.39 is 11.5 Å². The first-order valence-corrected chi connectivity index (χ1v) is 6.71. The third-order valence-electron chi connectivity index (χ3n) is 3.18. The van der Waals surface area contributed by atoms with Crippen LogP contribution in [0, 0.1) is 0 Å². The van der Waals surface area contributed by atoms with Crippen LogP contribution in [0.15, 0.2) is 35.1 Å². The highest BCUT2D eigenvalue weighted by atomic mass is 35.5. The molecule has 0 spiro atoms. The highest BCUT2D eigenvalue weighted by Crippen LogP contribution is 2.27. The number of nitrogens with one attached hydrogen (secondary N) is 2. The first-order valence-electron chi connectivity index (χ1n) is 6.33. The second kappa shape index (κ2) is 5.75. The van der Waals surface area contributed by atoms with Gasteiger partial charge < -0.3 is 10.4 Å². The van der Waals surface area contributed by atoms with E-state index in [4.69, 9.17) is 11.6 Å². The van der Waals surface area contributed by atoms with Crippen molar-refractivity contribution in [1.82, 2.24) is 15.1 Å². The molecule has 21 heavy (non-hydrogen) atoms. The minimum absolute atomic E-state index is 0.0352. The van der Waals surface area contributed by atoms with Gasteiger partial charge in [-0.05, 0) is 13.0 Å². The fourth-order valence-electron chi connectivity index (χ4n) is 1.95. The minimum Gasteiger partial charge on any atom is -0.384 e. The number of aromatic nitrogens is 2. The maximum absolute atomic E-state index is 11.9. The molecular weight excluding hydrogens is 294 g/mol. The third kappa shape index (κ3) is 3.34. The third-order valence-corrected chi connectivity index (χ3v) is 3.51. The summed E-state index contributed by atoms with van der Waals surface area (Å²) in [6.07, 6.45) is 0. The number of hydrogen-bond acceptors (Lipinski definition) is 3. The Balaban J connectivity index is 2.10. The summed E-state index contributed by atoms with van der Waals surface area (Å²) in [5, 5.41) is 16.1. The van der Waals surface area contributed by atoms with Crippen LogP contribution >= 0.6 is 11.6 Å². The number of carbonyl (C=O) groups excluding carboxylic acids is 1. The van der Waals surface area contributed by atoms with E-state index >= 15 is 0 Å². The largest absolute Gasteiger partial charge is 0.384 e. The van der Waals surface area contributed by atoms with Gasteiger partial charge in [-0.25, -0.2) is 0 Å². The van der Waals surface area contributed by atoms with Gasteiger partial charge in [-0.2, -0.15) is 0 Å². The topological polar surface area (TPSA) is 87.1 Å². The summed E-state index contributed by atoms with van der Waals surface area (Å²) in [5.74, 6) is -0.472. The Bertz CT molecular complexity index is 718. The molecular formula is C14H16ClN3O3. The first kappa shape index (κ1) is 15.3. The monoisotopic (exact) mass is 309 g/mol. The van der Waals surface area contributed by atoms with E-state index in [1.165, 1.54) is 17.8 Å². The molecule has 7 heteroatoms. The molecule has 1 aromatic heterocycles. The zero-order chi connectivity index (χ0) is 15.6. The van der Waals surface area contributed by atoms with E-state index in [-0.39, 0.29) is 17.8 Å². The van der Waals surface area contributed by atoms with Gasteiger partial charge in [0.1, 0.15) is 11.3 Å². The van der Waals surface area contributed by atoms with E-state index in [2.05, 4.69) is 10.4 Å². The Hall–Kier alpha value is -2.05. The molecule has 1 heterocycles. The average molecular weight is 310 g/mol. The van der Waals surface area contributed by atoms with Crippen molar-refractivity contribution in [1.29, 1.82) is 0 Å². The molecule has 0 saturated heterocycles. The van der Waals surface area contributed by atoms with E-state index in [9.17, 15) is 14.7 Å². The maximum Gasteiger partial charge on any atom is 0.269 e. The number of aryl methyl sites for hydroxylation is 1. The average Bonchev–Trinajstić information content (AvgIpc) is 2.76. The predicted molar refractivity (Wildman–Crippen MR) is 79.4 cm³/mol. The standard InChI is InChI=1S/C14H16ClN3O3/c1-14(21,9-5-3-4-6-10(9)15)8-16-13(20)11-7-12(19)18(2)17-11/h3-7,17,21H,8H2,1-2H3,(H,16,20). The second-order valence-corrected chi connectivity index (χ2v) is 5.41. The SMILES string of the molecule is Cn1[nH]c(C(=O)NCC(C)(O)c2ccccc2Cl)cc1=O. The van der Waals surface area contributed by atoms with Gasteiger partial charge in [-0.1, -0.05) is 29.8 Å². The molecule has 1 unspecified atom stereocenters. The number of rotatable bonds is 4. The molecule has 0 radical (unpaired) electrons. The van der Waals surface area contributed by atoms with Crippen LogP contribution in [-0.2, 0) is 12.6 Å². The predicted octanol–water partition coefficient (Wildman–Crippen LogP) is 1.00. The molecule has 0 aliphatic rings. The lowest BCUT2D eigenvalue weighted by atomic mass is 9.96. The highest BCUT2D eigenvalue weighted by molar-refractivity contribution is 6.31. The molecule has 6 nitrogen and oxygen atoms in total. The van der Waals surface area contributed by atoms with Crippen molar-refractivity contribution >= 4 is 17.5 Å². The molecule has 1 atom stereocenters. The van der Waals surface area contributed by atoms with Crippen LogP contribution < -0.4 is 10.9 Å². The highest BCUT2D eigenvalue weighted by Gasteiger charge is 2.26. The quantitative estimate of drug-likeness (QED) is 0.787. The van der Waals surface area contributed by atoms with Gasteiger partial charge in [-0.15, -0.1) is 0 Å². The van der Waals surface area contributed by atoms with Crippen molar-refractivity contribution in [3.8, 4) is 0 Å². The Kier molecular flexibility index (Phi) is 4.20. The van der Waals surface area contributed by atoms with E-state index in [0.29, 0.717) is 10.6 Å². The van der Waals surface area contributed by atoms with Gasteiger partial charge in [0, 0.05) is 23.7 Å². The van der Waals surface area contributed by atoms with Crippen molar-refractivity contribution in [2.75, 3.05) is 6.54 Å². The minimum atomic E-state index is -1.32. The summed E-state index contributed by atoms with van der Waals surface area (Å²) in [7, 11) is 1.51. The Morgan fingerprint density at radius 3 is 2.71 bits per heavy atom. The fraction of sp³-hybridized carbons (Fsp3) is 0.286. The van der Waals surface area contributed by atoms with E-state index in [0.717, 1.165) is 0 Å². The number of H-pyrrole nitrogens is 1. The molecule has 0 bridgehead atoms. The molecule has 3 N–H and O–H groups in total. The number of carbonyl (C=O) groups is 1. The number of halogens is 1. The summed E-state index contributed by atoms with van der Waals surface area (Å²) in [4.78, 5) is 23.2. The Labute approximate surface area is 126 Å². The lowest BCUT2D eigenvalue weighted by molar-refractivity contribution is 0.0525. The molecule has 0 aliphatic heterocycles. The van der Waals surface area contributed by atoms with E-state index in [1.807, 2.05) is 0 Å². The number of hydrogen-bond donors (Lipinski definition) is 3. The fourth-order valence-corrected chi connectivity index (χ4v) is 2.28. The summed E-state index contributed by atoms with van der Waals surface area (Å²) >= 11 is 6.04. The Morgan fingerprint density at radius 1 is 1.48 bits per heavy atom. The molecule has 0 fully saturated rings. The zero-order valence-corrected chi connectivity index (χ0v) is 12.4. The van der Waals surface area contributed by atoms with Crippen LogP contribution in [0.3, 0.4) is 0 Å². The summed E-state index contributed by atoms with van der Waals surface area (Å²) in [6.45, 7) is 1.52. The van der Waals surface area contributed by atoms with Crippen molar-refractivity contribution in [3.05, 3.63) is 57.0 Å². The van der Waals surface area contributed by atoms with Crippen LogP contribution in [0.1, 0.15) is 23.0 Å². The van der Waals surface area contributed by atoms with Crippen molar-refractivity contribution in [3.63, 3.8) is 0 Å². The Morgan fingerprint density at radius 2 is 2.14 bits per heavy atom. The van der Waals surface area contributed by atoms with E-state index in [1.54, 1.807) is 31.2 Å². The lowest BCUT2D eigenvalue weighted by Crippen LogP contribution is -2.39. The van der Waals surface area contributed by atoms with Crippen LogP contribution in [0.4, 0.5) is 0 Å². The van der Waals surface area contributed by atoms with Gasteiger partial charge in [-0.3, -0.25) is 19.4 Å². The summed E-state index contributed by atoms with van der Waals surface area (Å²) < 4.78 is 1.20. The van der Waals surface area contributed by atoms with Crippen molar-refractivity contribution < 1.29 is 9.90 Å². The maximum atomic E-state index is 11.9. The molecule has 2 rings (SSSR count). The molecule has 1 amide bonds.